The van der Waals surface area contributed by atoms with Gasteiger partial charge in [-0.05, 0) is 56.4 Å². The van der Waals surface area contributed by atoms with Crippen molar-refractivity contribution in [3.05, 3.63) is 65.7 Å². The second-order valence-electron chi connectivity index (χ2n) is 8.82. The van der Waals surface area contributed by atoms with Gasteiger partial charge in [0, 0.05) is 43.0 Å². The summed E-state index contributed by atoms with van der Waals surface area (Å²) in [5, 5.41) is 0. The van der Waals surface area contributed by atoms with E-state index in [1.807, 2.05) is 24.4 Å². The Hall–Kier alpha value is -3.28. The van der Waals surface area contributed by atoms with Gasteiger partial charge in [-0.25, -0.2) is 15.0 Å². The molecule has 0 saturated carbocycles. The lowest BCUT2D eigenvalue weighted by Crippen LogP contribution is -2.36. The van der Waals surface area contributed by atoms with Gasteiger partial charge in [0.05, 0.1) is 11.0 Å². The molecule has 1 aromatic carbocycles. The number of fused-ring (bicyclic) bond motifs is 2. The maximum Gasteiger partial charge on any atom is 0.180 e. The van der Waals surface area contributed by atoms with Crippen LogP contribution in [0.25, 0.3) is 22.6 Å². The molecule has 3 aromatic heterocycles. The number of nitrogens with zero attached hydrogens (tertiary/aromatic N) is 6. The molecule has 6 nitrogen and oxygen atoms in total. The minimum Gasteiger partial charge on any atom is -0.356 e. The van der Waals surface area contributed by atoms with Crippen molar-refractivity contribution in [3.8, 4) is 11.5 Å². The van der Waals surface area contributed by atoms with Gasteiger partial charge in [0.1, 0.15) is 17.3 Å². The fourth-order valence-electron chi connectivity index (χ4n) is 5.37. The quantitative estimate of drug-likeness (QED) is 0.472. The normalized spacial score (nSPS) is 16.6. The molecule has 1 aliphatic carbocycles. The van der Waals surface area contributed by atoms with Gasteiger partial charge in [0.15, 0.2) is 5.82 Å². The summed E-state index contributed by atoms with van der Waals surface area (Å²) in [6, 6.07) is 15.0. The summed E-state index contributed by atoms with van der Waals surface area (Å²) in [5.41, 5.74) is 5.80. The first-order chi connectivity index (χ1) is 15.8. The van der Waals surface area contributed by atoms with Crippen molar-refractivity contribution in [1.82, 2.24) is 24.5 Å². The molecular weight excluding hydrogens is 396 g/mol. The maximum atomic E-state index is 5.04. The predicted octanol–water partition coefficient (Wildman–Crippen LogP) is 4.78. The van der Waals surface area contributed by atoms with Gasteiger partial charge in [-0.1, -0.05) is 25.1 Å². The highest BCUT2D eigenvalue weighted by molar-refractivity contribution is 5.76. The molecule has 4 aromatic rings. The van der Waals surface area contributed by atoms with Crippen LogP contribution in [0.4, 0.5) is 5.82 Å². The first kappa shape index (κ1) is 19.4. The summed E-state index contributed by atoms with van der Waals surface area (Å²) < 4.78 is 2.50. The number of hydrogen-bond acceptors (Lipinski definition) is 5. The van der Waals surface area contributed by atoms with E-state index in [9.17, 15) is 0 Å². The van der Waals surface area contributed by atoms with Crippen molar-refractivity contribution in [2.24, 2.45) is 0 Å². The first-order valence-electron chi connectivity index (χ1n) is 11.8. The van der Waals surface area contributed by atoms with Crippen LogP contribution in [0.3, 0.4) is 0 Å². The third kappa shape index (κ3) is 3.25. The summed E-state index contributed by atoms with van der Waals surface area (Å²) in [7, 11) is 0. The average molecular weight is 425 g/mol. The molecule has 4 heterocycles. The maximum absolute atomic E-state index is 5.04. The number of aryl methyl sites for hydroxylation is 2. The second-order valence-corrected chi connectivity index (χ2v) is 8.82. The fourth-order valence-corrected chi connectivity index (χ4v) is 5.37. The lowest BCUT2D eigenvalue weighted by molar-refractivity contribution is 0.393. The smallest absolute Gasteiger partial charge is 0.180 e. The summed E-state index contributed by atoms with van der Waals surface area (Å²) in [6.45, 7) is 4.22. The summed E-state index contributed by atoms with van der Waals surface area (Å²) in [5.74, 6) is 3.10. The van der Waals surface area contributed by atoms with Gasteiger partial charge in [0.2, 0.25) is 0 Å². The number of hydrogen-bond donors (Lipinski definition) is 0. The number of aromatic nitrogens is 5. The highest BCUT2D eigenvalue weighted by Gasteiger charge is 2.29. The van der Waals surface area contributed by atoms with E-state index in [0.29, 0.717) is 6.04 Å². The Balaban J connectivity index is 1.30. The number of pyridine rings is 1. The molecule has 0 amide bonds. The van der Waals surface area contributed by atoms with Crippen molar-refractivity contribution in [1.29, 1.82) is 0 Å². The van der Waals surface area contributed by atoms with Crippen molar-refractivity contribution in [3.63, 3.8) is 0 Å². The van der Waals surface area contributed by atoms with Gasteiger partial charge in [-0.2, -0.15) is 0 Å². The minimum atomic E-state index is 0.485. The average Bonchev–Trinajstić information content (AvgIpc) is 3.48. The van der Waals surface area contributed by atoms with Crippen LogP contribution in [0.5, 0.6) is 0 Å². The third-order valence-corrected chi connectivity index (χ3v) is 6.92. The van der Waals surface area contributed by atoms with Crippen LogP contribution >= 0.6 is 0 Å². The highest BCUT2D eigenvalue weighted by atomic mass is 15.2. The molecule has 1 saturated heterocycles. The molecule has 0 spiro atoms. The van der Waals surface area contributed by atoms with Gasteiger partial charge in [-0.3, -0.25) is 4.98 Å². The highest BCUT2D eigenvalue weighted by Crippen LogP contribution is 2.35. The summed E-state index contributed by atoms with van der Waals surface area (Å²) in [4.78, 5) is 21.8. The van der Waals surface area contributed by atoms with Crippen LogP contribution < -0.4 is 4.90 Å². The van der Waals surface area contributed by atoms with Crippen LogP contribution in [0.1, 0.15) is 49.3 Å². The first-order valence-corrected chi connectivity index (χ1v) is 11.8. The SMILES string of the molecule is CCc1nc2ccccc2n1C1CCN(c2nc(-c3ccccn3)nc3c2CCC3)CC1. The Morgan fingerprint density at radius 1 is 0.938 bits per heavy atom. The summed E-state index contributed by atoms with van der Waals surface area (Å²) >= 11 is 0. The van der Waals surface area contributed by atoms with E-state index in [-0.39, 0.29) is 0 Å². The van der Waals surface area contributed by atoms with Crippen molar-refractivity contribution >= 4 is 16.9 Å². The molecule has 0 atom stereocenters. The number of anilines is 1. The van der Waals surface area contributed by atoms with Gasteiger partial charge in [-0.15, -0.1) is 0 Å². The lowest BCUT2D eigenvalue weighted by Gasteiger charge is -2.35. The zero-order chi connectivity index (χ0) is 21.5. The third-order valence-electron chi connectivity index (χ3n) is 6.92. The molecule has 32 heavy (non-hydrogen) atoms. The number of benzene rings is 1. The largest absolute Gasteiger partial charge is 0.356 e. The monoisotopic (exact) mass is 424 g/mol. The predicted molar refractivity (Wildman–Crippen MR) is 127 cm³/mol. The Kier molecular flexibility index (Phi) is 4.86. The molecule has 2 aliphatic rings. The van der Waals surface area contributed by atoms with Gasteiger partial charge >= 0.3 is 0 Å². The zero-order valence-electron chi connectivity index (χ0n) is 18.5. The van der Waals surface area contributed by atoms with E-state index in [4.69, 9.17) is 15.0 Å². The molecule has 0 bridgehead atoms. The van der Waals surface area contributed by atoms with Crippen LogP contribution in [-0.4, -0.2) is 37.6 Å². The number of rotatable bonds is 4. The van der Waals surface area contributed by atoms with E-state index in [0.717, 1.165) is 68.0 Å². The lowest BCUT2D eigenvalue weighted by atomic mass is 10.0. The zero-order valence-corrected chi connectivity index (χ0v) is 18.5. The molecule has 0 radical (unpaired) electrons. The van der Waals surface area contributed by atoms with Crippen molar-refractivity contribution < 1.29 is 0 Å². The van der Waals surface area contributed by atoms with Crippen LogP contribution in [0.15, 0.2) is 48.7 Å². The minimum absolute atomic E-state index is 0.485. The van der Waals surface area contributed by atoms with Gasteiger partial charge in [0.25, 0.3) is 0 Å². The van der Waals surface area contributed by atoms with Crippen LogP contribution in [0, 0.1) is 0 Å². The van der Waals surface area contributed by atoms with Crippen molar-refractivity contribution in [2.75, 3.05) is 18.0 Å². The molecule has 6 heteroatoms. The fraction of sp³-hybridized carbons (Fsp3) is 0.385. The molecule has 162 valence electrons. The van der Waals surface area contributed by atoms with E-state index in [2.05, 4.69) is 45.6 Å². The van der Waals surface area contributed by atoms with Crippen LogP contribution in [-0.2, 0) is 19.3 Å². The number of imidazole rings is 1. The molecular formula is C26H28N6. The molecule has 1 aliphatic heterocycles. The van der Waals surface area contributed by atoms with E-state index in [1.165, 1.54) is 29.0 Å². The standard InChI is InChI=1S/C26H28N6/c1-2-24-28-21-9-3-4-12-23(21)32(24)18-13-16-31(17-14-18)26-19-8-7-11-20(19)29-25(30-26)22-10-5-6-15-27-22/h3-6,9-10,12,15,18H,2,7-8,11,13-14,16-17H2,1H3. The van der Waals surface area contributed by atoms with E-state index >= 15 is 0 Å². The molecule has 0 unspecified atom stereocenters. The van der Waals surface area contributed by atoms with Crippen LogP contribution in [0.2, 0.25) is 0 Å². The second kappa shape index (κ2) is 8.01. The van der Waals surface area contributed by atoms with E-state index < -0.39 is 0 Å². The Bertz CT molecular complexity index is 1250. The van der Waals surface area contributed by atoms with Crippen molar-refractivity contribution in [2.45, 2.75) is 51.5 Å². The number of piperidine rings is 1. The molecule has 6 rings (SSSR count). The van der Waals surface area contributed by atoms with Gasteiger partial charge < -0.3 is 9.47 Å². The summed E-state index contributed by atoms with van der Waals surface area (Å²) in [6.07, 6.45) is 8.27. The Morgan fingerprint density at radius 3 is 2.59 bits per heavy atom. The number of para-hydroxylation sites is 2. The van der Waals surface area contributed by atoms with E-state index in [1.54, 1.807) is 0 Å². The molecule has 0 N–H and O–H groups in total. The topological polar surface area (TPSA) is 59.7 Å². The molecule has 1 fully saturated rings. The Labute approximate surface area is 188 Å². The Morgan fingerprint density at radius 2 is 1.78 bits per heavy atom.